The average molecular weight is 282 g/mol. The second-order valence-corrected chi connectivity index (χ2v) is 4.50. The quantitative estimate of drug-likeness (QED) is 0.798. The van der Waals surface area contributed by atoms with E-state index in [1.807, 2.05) is 37.3 Å². The summed E-state index contributed by atoms with van der Waals surface area (Å²) in [6, 6.07) is 12.7. The van der Waals surface area contributed by atoms with Gasteiger partial charge in [0.15, 0.2) is 5.69 Å². The Labute approximate surface area is 121 Å². The van der Waals surface area contributed by atoms with Gasteiger partial charge in [-0.1, -0.05) is 6.07 Å². The average Bonchev–Trinajstić information content (AvgIpc) is 2.88. The van der Waals surface area contributed by atoms with Crippen molar-refractivity contribution in [2.24, 2.45) is 0 Å². The van der Waals surface area contributed by atoms with Crippen molar-refractivity contribution in [3.05, 3.63) is 54.4 Å². The third-order valence-corrected chi connectivity index (χ3v) is 3.17. The monoisotopic (exact) mass is 282 g/mol. The zero-order valence-corrected chi connectivity index (χ0v) is 11.5. The standard InChI is InChI=1S/C16H14N2O3/c1-2-21-12-8-6-11(7-9-12)14-15(16(19)20)18-10-4-3-5-13(18)17-14/h3-10H,2H2,1H3,(H,19,20). The van der Waals surface area contributed by atoms with Crippen LogP contribution in [0.3, 0.4) is 0 Å². The van der Waals surface area contributed by atoms with E-state index in [1.165, 1.54) is 0 Å². The number of ether oxygens (including phenoxy) is 1. The van der Waals surface area contributed by atoms with Crippen LogP contribution in [0.2, 0.25) is 0 Å². The normalized spacial score (nSPS) is 10.7. The van der Waals surface area contributed by atoms with Crippen LogP contribution in [0.25, 0.3) is 16.9 Å². The van der Waals surface area contributed by atoms with Crippen molar-refractivity contribution in [2.45, 2.75) is 6.92 Å². The zero-order valence-electron chi connectivity index (χ0n) is 11.5. The number of rotatable bonds is 4. The maximum atomic E-state index is 11.6. The Morgan fingerprint density at radius 2 is 2.00 bits per heavy atom. The molecule has 3 rings (SSSR count). The minimum Gasteiger partial charge on any atom is -0.494 e. The van der Waals surface area contributed by atoms with Gasteiger partial charge in [-0.2, -0.15) is 0 Å². The summed E-state index contributed by atoms with van der Waals surface area (Å²) in [4.78, 5) is 16.0. The lowest BCUT2D eigenvalue weighted by atomic mass is 10.1. The van der Waals surface area contributed by atoms with Crippen LogP contribution in [-0.2, 0) is 0 Å². The zero-order chi connectivity index (χ0) is 14.8. The first kappa shape index (κ1) is 13.2. The van der Waals surface area contributed by atoms with E-state index in [1.54, 1.807) is 22.7 Å². The van der Waals surface area contributed by atoms with Gasteiger partial charge in [0.05, 0.1) is 6.61 Å². The predicted molar refractivity (Wildman–Crippen MR) is 78.8 cm³/mol. The summed E-state index contributed by atoms with van der Waals surface area (Å²) in [5.74, 6) is -0.250. The van der Waals surface area contributed by atoms with Gasteiger partial charge in [-0.15, -0.1) is 0 Å². The summed E-state index contributed by atoms with van der Waals surface area (Å²) >= 11 is 0. The summed E-state index contributed by atoms with van der Waals surface area (Å²) in [5.41, 5.74) is 1.98. The molecule has 0 unspecified atom stereocenters. The largest absolute Gasteiger partial charge is 0.494 e. The van der Waals surface area contributed by atoms with E-state index in [2.05, 4.69) is 4.98 Å². The summed E-state index contributed by atoms with van der Waals surface area (Å²) in [7, 11) is 0. The molecule has 5 heteroatoms. The molecule has 21 heavy (non-hydrogen) atoms. The van der Waals surface area contributed by atoms with Crippen molar-refractivity contribution in [2.75, 3.05) is 6.61 Å². The first-order valence-corrected chi connectivity index (χ1v) is 6.64. The number of fused-ring (bicyclic) bond motifs is 1. The molecule has 0 aliphatic rings. The number of nitrogens with zero attached hydrogens (tertiary/aromatic N) is 2. The van der Waals surface area contributed by atoms with Crippen molar-refractivity contribution in [3.8, 4) is 17.0 Å². The van der Waals surface area contributed by atoms with Gasteiger partial charge < -0.3 is 9.84 Å². The molecular formula is C16H14N2O3. The van der Waals surface area contributed by atoms with E-state index in [4.69, 9.17) is 4.74 Å². The Kier molecular flexibility index (Phi) is 3.31. The van der Waals surface area contributed by atoms with Crippen molar-refractivity contribution in [1.29, 1.82) is 0 Å². The molecule has 0 radical (unpaired) electrons. The summed E-state index contributed by atoms with van der Waals surface area (Å²) in [6.07, 6.45) is 1.70. The number of carboxylic acid groups (broad SMARTS) is 1. The minimum atomic E-state index is -1.00. The van der Waals surface area contributed by atoms with Gasteiger partial charge in [0.1, 0.15) is 17.1 Å². The molecule has 2 aromatic heterocycles. The molecule has 0 aliphatic heterocycles. The third-order valence-electron chi connectivity index (χ3n) is 3.17. The highest BCUT2D eigenvalue weighted by molar-refractivity contribution is 5.94. The number of carbonyl (C=O) groups is 1. The van der Waals surface area contributed by atoms with Gasteiger partial charge in [0, 0.05) is 11.8 Å². The molecule has 0 saturated carbocycles. The summed E-state index contributed by atoms with van der Waals surface area (Å²) in [6.45, 7) is 2.51. The highest BCUT2D eigenvalue weighted by Gasteiger charge is 2.19. The number of benzene rings is 1. The van der Waals surface area contributed by atoms with E-state index in [-0.39, 0.29) is 5.69 Å². The van der Waals surface area contributed by atoms with Gasteiger partial charge in [0.2, 0.25) is 0 Å². The first-order chi connectivity index (χ1) is 10.2. The number of aromatic nitrogens is 2. The Morgan fingerprint density at radius 1 is 1.24 bits per heavy atom. The second kappa shape index (κ2) is 5.28. The van der Waals surface area contributed by atoms with Crippen LogP contribution in [-0.4, -0.2) is 27.1 Å². The molecule has 0 fully saturated rings. The predicted octanol–water partition coefficient (Wildman–Crippen LogP) is 3.10. The summed E-state index contributed by atoms with van der Waals surface area (Å²) in [5, 5.41) is 9.47. The molecular weight excluding hydrogens is 268 g/mol. The van der Waals surface area contributed by atoms with E-state index in [9.17, 15) is 9.90 Å². The number of hydrogen-bond acceptors (Lipinski definition) is 3. The van der Waals surface area contributed by atoms with Gasteiger partial charge >= 0.3 is 5.97 Å². The number of pyridine rings is 1. The highest BCUT2D eigenvalue weighted by Crippen LogP contribution is 2.26. The molecule has 1 aromatic carbocycles. The fraction of sp³-hybridized carbons (Fsp3) is 0.125. The van der Waals surface area contributed by atoms with Gasteiger partial charge in [0.25, 0.3) is 0 Å². The van der Waals surface area contributed by atoms with Crippen LogP contribution < -0.4 is 4.74 Å². The summed E-state index contributed by atoms with van der Waals surface area (Å²) < 4.78 is 6.97. The van der Waals surface area contributed by atoms with Crippen molar-refractivity contribution < 1.29 is 14.6 Å². The number of imidazole rings is 1. The van der Waals surface area contributed by atoms with Crippen LogP contribution in [0.4, 0.5) is 0 Å². The lowest BCUT2D eigenvalue weighted by Gasteiger charge is -2.04. The molecule has 0 saturated heterocycles. The van der Waals surface area contributed by atoms with Crippen molar-refractivity contribution in [1.82, 2.24) is 9.38 Å². The fourth-order valence-corrected chi connectivity index (χ4v) is 2.28. The number of aromatic carboxylic acids is 1. The fourth-order valence-electron chi connectivity index (χ4n) is 2.28. The SMILES string of the molecule is CCOc1ccc(-c2nc3ccccn3c2C(=O)O)cc1. The maximum Gasteiger partial charge on any atom is 0.355 e. The molecule has 3 aromatic rings. The minimum absolute atomic E-state index is 0.162. The van der Waals surface area contributed by atoms with Crippen molar-refractivity contribution in [3.63, 3.8) is 0 Å². The smallest absolute Gasteiger partial charge is 0.355 e. The second-order valence-electron chi connectivity index (χ2n) is 4.50. The van der Waals surface area contributed by atoms with E-state index in [0.29, 0.717) is 17.9 Å². The molecule has 0 aliphatic carbocycles. The third kappa shape index (κ3) is 2.33. The van der Waals surface area contributed by atoms with Crippen LogP contribution in [0.15, 0.2) is 48.7 Å². The van der Waals surface area contributed by atoms with Crippen LogP contribution in [0, 0.1) is 0 Å². The molecule has 1 N–H and O–H groups in total. The Bertz CT molecular complexity index is 791. The van der Waals surface area contributed by atoms with Gasteiger partial charge in [-0.3, -0.25) is 4.40 Å². The Hall–Kier alpha value is -2.82. The molecule has 5 nitrogen and oxygen atoms in total. The lowest BCUT2D eigenvalue weighted by molar-refractivity contribution is 0.0690. The highest BCUT2D eigenvalue weighted by atomic mass is 16.5. The molecule has 0 spiro atoms. The first-order valence-electron chi connectivity index (χ1n) is 6.64. The van der Waals surface area contributed by atoms with Crippen molar-refractivity contribution >= 4 is 11.6 Å². The molecule has 2 heterocycles. The van der Waals surface area contributed by atoms with Crippen LogP contribution >= 0.6 is 0 Å². The van der Waals surface area contributed by atoms with Gasteiger partial charge in [-0.05, 0) is 43.3 Å². The number of carboxylic acids is 1. The van der Waals surface area contributed by atoms with E-state index >= 15 is 0 Å². The molecule has 106 valence electrons. The van der Waals surface area contributed by atoms with E-state index < -0.39 is 5.97 Å². The Balaban J connectivity index is 2.15. The van der Waals surface area contributed by atoms with Crippen LogP contribution in [0.1, 0.15) is 17.4 Å². The van der Waals surface area contributed by atoms with Crippen LogP contribution in [0.5, 0.6) is 5.75 Å². The topological polar surface area (TPSA) is 63.8 Å². The van der Waals surface area contributed by atoms with Gasteiger partial charge in [-0.25, -0.2) is 9.78 Å². The molecule has 0 atom stereocenters. The maximum absolute atomic E-state index is 11.6. The van der Waals surface area contributed by atoms with E-state index in [0.717, 1.165) is 11.3 Å². The number of hydrogen-bond donors (Lipinski definition) is 1. The lowest BCUT2D eigenvalue weighted by Crippen LogP contribution is -2.03. The molecule has 0 bridgehead atoms. The molecule has 0 amide bonds. The Morgan fingerprint density at radius 3 is 2.67 bits per heavy atom.